The first-order valence-corrected chi connectivity index (χ1v) is 6.60. The molecule has 0 saturated carbocycles. The largest absolute Gasteiger partial charge is 0.467 e. The zero-order chi connectivity index (χ0) is 14.8. The van der Waals surface area contributed by atoms with Crippen molar-refractivity contribution < 1.29 is 19.1 Å². The van der Waals surface area contributed by atoms with Gasteiger partial charge in [0.15, 0.2) is 6.04 Å². The van der Waals surface area contributed by atoms with Crippen LogP contribution in [0.3, 0.4) is 0 Å². The molecule has 0 aliphatic carbocycles. The fourth-order valence-corrected chi connectivity index (χ4v) is 1.78. The monoisotopic (exact) mass is 279 g/mol. The molecule has 1 rings (SSSR count). The number of nitrogens with one attached hydrogen (secondary N) is 1. The average Bonchev–Trinajstić information content (AvgIpc) is 2.45. The molecule has 0 spiro atoms. The molecule has 1 N–H and O–H groups in total. The summed E-state index contributed by atoms with van der Waals surface area (Å²) < 4.78 is 10.0. The number of ether oxygens (including phenoxy) is 2. The Morgan fingerprint density at radius 3 is 2.55 bits per heavy atom. The third-order valence-electron chi connectivity index (χ3n) is 2.74. The topological polar surface area (TPSA) is 64.6 Å². The van der Waals surface area contributed by atoms with E-state index in [0.717, 1.165) is 12.8 Å². The molecule has 0 heterocycles. The third-order valence-corrected chi connectivity index (χ3v) is 2.74. The number of aryl methyl sites for hydroxylation is 1. The maximum Gasteiger partial charge on any atom is 0.330 e. The van der Waals surface area contributed by atoms with Crippen LogP contribution in [0.4, 0.5) is 0 Å². The van der Waals surface area contributed by atoms with Crippen LogP contribution >= 0.6 is 0 Å². The molecule has 0 saturated heterocycles. The van der Waals surface area contributed by atoms with Gasteiger partial charge in [-0.1, -0.05) is 30.3 Å². The Bertz CT molecular complexity index is 419. The van der Waals surface area contributed by atoms with E-state index in [1.807, 2.05) is 18.2 Å². The molecule has 1 amide bonds. The summed E-state index contributed by atoms with van der Waals surface area (Å²) in [5, 5.41) is 2.50. The van der Waals surface area contributed by atoms with E-state index in [2.05, 4.69) is 22.2 Å². The van der Waals surface area contributed by atoms with E-state index in [0.29, 0.717) is 6.61 Å². The Labute approximate surface area is 119 Å². The van der Waals surface area contributed by atoms with Crippen molar-refractivity contribution in [2.75, 3.05) is 20.3 Å². The number of rotatable bonds is 8. The molecule has 0 bridgehead atoms. The summed E-state index contributed by atoms with van der Waals surface area (Å²) in [6.45, 7) is 2.01. The van der Waals surface area contributed by atoms with Gasteiger partial charge in [-0.2, -0.15) is 0 Å². The lowest BCUT2D eigenvalue weighted by Gasteiger charge is -2.15. The van der Waals surface area contributed by atoms with Crippen LogP contribution < -0.4 is 5.32 Å². The minimum atomic E-state index is -0.741. The number of carbonyl (C=O) groups excluding carboxylic acids is 2. The van der Waals surface area contributed by atoms with E-state index in [9.17, 15) is 9.59 Å². The Morgan fingerprint density at radius 1 is 1.25 bits per heavy atom. The predicted octanol–water partition coefficient (Wildman–Crippen LogP) is 1.31. The first-order chi connectivity index (χ1) is 9.63. The van der Waals surface area contributed by atoms with E-state index in [-0.39, 0.29) is 12.5 Å². The van der Waals surface area contributed by atoms with Crippen LogP contribution in [0.5, 0.6) is 0 Å². The highest BCUT2D eigenvalue weighted by Gasteiger charge is 2.19. The minimum Gasteiger partial charge on any atom is -0.467 e. The zero-order valence-electron chi connectivity index (χ0n) is 11.9. The van der Waals surface area contributed by atoms with Gasteiger partial charge < -0.3 is 14.8 Å². The van der Waals surface area contributed by atoms with Crippen LogP contribution in [0.1, 0.15) is 18.9 Å². The van der Waals surface area contributed by atoms with Gasteiger partial charge in [0, 0.05) is 13.5 Å². The van der Waals surface area contributed by atoms with E-state index < -0.39 is 12.0 Å². The van der Waals surface area contributed by atoms with Crippen LogP contribution in [0, 0.1) is 0 Å². The molecular formula is C15H21NO4. The number of benzene rings is 1. The number of esters is 1. The van der Waals surface area contributed by atoms with Crippen LogP contribution in [-0.2, 0) is 25.5 Å². The van der Waals surface area contributed by atoms with Crippen molar-refractivity contribution in [3.05, 3.63) is 35.9 Å². The molecule has 1 atom stereocenters. The summed E-state index contributed by atoms with van der Waals surface area (Å²) in [6.07, 6.45) is 1.78. The first-order valence-electron chi connectivity index (χ1n) is 6.60. The first kappa shape index (κ1) is 16.2. The molecule has 0 aromatic heterocycles. The maximum absolute atomic E-state index is 11.4. The van der Waals surface area contributed by atoms with Gasteiger partial charge in [0.2, 0.25) is 5.91 Å². The molecule has 1 aromatic rings. The summed E-state index contributed by atoms with van der Waals surface area (Å²) in [7, 11) is 1.28. The van der Waals surface area contributed by atoms with Gasteiger partial charge in [-0.3, -0.25) is 4.79 Å². The summed E-state index contributed by atoms with van der Waals surface area (Å²) in [5.41, 5.74) is 1.25. The van der Waals surface area contributed by atoms with Crippen molar-refractivity contribution in [2.24, 2.45) is 0 Å². The molecule has 1 aromatic carbocycles. The highest BCUT2D eigenvalue weighted by molar-refractivity contribution is 5.83. The second-order valence-electron chi connectivity index (χ2n) is 4.44. The van der Waals surface area contributed by atoms with Gasteiger partial charge >= 0.3 is 5.97 Å². The predicted molar refractivity (Wildman–Crippen MR) is 75.2 cm³/mol. The van der Waals surface area contributed by atoms with E-state index in [1.165, 1.54) is 19.6 Å². The maximum atomic E-state index is 11.4. The fraction of sp³-hybridized carbons (Fsp3) is 0.467. The molecule has 1 unspecified atom stereocenters. The van der Waals surface area contributed by atoms with Crippen molar-refractivity contribution in [1.29, 1.82) is 0 Å². The summed E-state index contributed by atoms with van der Waals surface area (Å²) in [5.74, 6) is -0.781. The van der Waals surface area contributed by atoms with Gasteiger partial charge in [0.25, 0.3) is 0 Å². The lowest BCUT2D eigenvalue weighted by molar-refractivity contribution is -0.146. The summed E-state index contributed by atoms with van der Waals surface area (Å²) >= 11 is 0. The van der Waals surface area contributed by atoms with Gasteiger partial charge in [-0.05, 0) is 18.4 Å². The van der Waals surface area contributed by atoms with Gasteiger partial charge in [0.1, 0.15) is 0 Å². The lowest BCUT2D eigenvalue weighted by atomic mass is 10.1. The highest BCUT2D eigenvalue weighted by Crippen LogP contribution is 2.02. The molecule has 0 aliphatic heterocycles. The van der Waals surface area contributed by atoms with Crippen LogP contribution in [-0.4, -0.2) is 38.2 Å². The molecule has 5 heteroatoms. The van der Waals surface area contributed by atoms with Crippen molar-refractivity contribution in [3.8, 4) is 0 Å². The Hall–Kier alpha value is -1.88. The number of amides is 1. The molecule has 110 valence electrons. The van der Waals surface area contributed by atoms with Crippen molar-refractivity contribution in [2.45, 2.75) is 25.8 Å². The molecule has 0 fully saturated rings. The zero-order valence-corrected chi connectivity index (χ0v) is 11.9. The van der Waals surface area contributed by atoms with Gasteiger partial charge in [0.05, 0.1) is 13.7 Å². The van der Waals surface area contributed by atoms with Crippen molar-refractivity contribution in [3.63, 3.8) is 0 Å². The molecule has 0 radical (unpaired) electrons. The summed E-state index contributed by atoms with van der Waals surface area (Å²) in [4.78, 5) is 22.4. The van der Waals surface area contributed by atoms with Gasteiger partial charge in [-0.15, -0.1) is 0 Å². The lowest BCUT2D eigenvalue weighted by Crippen LogP contribution is -2.43. The molecule has 5 nitrogen and oxygen atoms in total. The number of hydrogen-bond donors (Lipinski definition) is 1. The van der Waals surface area contributed by atoms with Crippen LogP contribution in [0.15, 0.2) is 30.3 Å². The Kier molecular flexibility index (Phi) is 7.35. The third kappa shape index (κ3) is 6.33. The van der Waals surface area contributed by atoms with Crippen molar-refractivity contribution >= 4 is 11.9 Å². The number of carbonyl (C=O) groups is 2. The molecule has 0 aliphatic rings. The fourth-order valence-electron chi connectivity index (χ4n) is 1.78. The van der Waals surface area contributed by atoms with E-state index in [4.69, 9.17) is 4.74 Å². The quantitative estimate of drug-likeness (QED) is 0.575. The standard InChI is InChI=1S/C15H21NO4/c1-12(17)16-14(15(18)19-2)11-20-10-6-9-13-7-4-3-5-8-13/h3-5,7-8,14H,6,9-11H2,1-2H3,(H,16,17). The second kappa shape index (κ2) is 9.09. The van der Waals surface area contributed by atoms with E-state index >= 15 is 0 Å². The smallest absolute Gasteiger partial charge is 0.330 e. The SMILES string of the molecule is COC(=O)C(COCCCc1ccccc1)NC(C)=O. The second-order valence-corrected chi connectivity index (χ2v) is 4.44. The van der Waals surface area contributed by atoms with Crippen LogP contribution in [0.25, 0.3) is 0 Å². The Balaban J connectivity index is 2.23. The van der Waals surface area contributed by atoms with Gasteiger partial charge in [-0.25, -0.2) is 4.79 Å². The molecular weight excluding hydrogens is 258 g/mol. The average molecular weight is 279 g/mol. The van der Waals surface area contributed by atoms with E-state index in [1.54, 1.807) is 0 Å². The molecule has 20 heavy (non-hydrogen) atoms. The Morgan fingerprint density at radius 2 is 1.95 bits per heavy atom. The highest BCUT2D eigenvalue weighted by atomic mass is 16.5. The van der Waals surface area contributed by atoms with Crippen LogP contribution in [0.2, 0.25) is 0 Å². The number of methoxy groups -OCH3 is 1. The normalized spacial score (nSPS) is 11.7. The van der Waals surface area contributed by atoms with Crippen molar-refractivity contribution in [1.82, 2.24) is 5.32 Å². The minimum absolute atomic E-state index is 0.126. The number of hydrogen-bond acceptors (Lipinski definition) is 4. The summed E-state index contributed by atoms with van der Waals surface area (Å²) in [6, 6.07) is 9.37.